The number of fused-ring (bicyclic) bond motifs is 1. The van der Waals surface area contributed by atoms with E-state index in [-0.39, 0.29) is 18.7 Å². The molecule has 6 heteroatoms. The lowest BCUT2D eigenvalue weighted by atomic mass is 10.0. The predicted octanol–water partition coefficient (Wildman–Crippen LogP) is 3.47. The molecule has 1 aliphatic rings. The zero-order chi connectivity index (χ0) is 19.5. The number of anilines is 2. The number of benzene rings is 2. The zero-order valence-corrected chi connectivity index (χ0v) is 15.7. The van der Waals surface area contributed by atoms with E-state index < -0.39 is 0 Å². The number of furan rings is 1. The Labute approximate surface area is 164 Å². The number of aliphatic hydroxyl groups excluding tert-OH is 1. The maximum Gasteiger partial charge on any atom is 0.258 e. The van der Waals surface area contributed by atoms with Gasteiger partial charge in [0.1, 0.15) is 11.9 Å². The van der Waals surface area contributed by atoms with Crippen LogP contribution < -0.4 is 10.2 Å². The number of rotatable bonds is 6. The molecule has 28 heavy (non-hydrogen) atoms. The fourth-order valence-electron chi connectivity index (χ4n) is 3.48. The van der Waals surface area contributed by atoms with Crippen molar-refractivity contribution in [3.63, 3.8) is 0 Å². The van der Waals surface area contributed by atoms with Crippen molar-refractivity contribution in [2.75, 3.05) is 30.4 Å². The molecule has 4 rings (SSSR count). The lowest BCUT2D eigenvalue weighted by Crippen LogP contribution is -2.42. The standard InChI is InChI=1S/C22H23N3O3/c1-24(12-13-26)17-10-8-16(9-11-17)21-23-20-7-3-2-6-19(20)22(27)25(21)15-18-5-4-14-28-18/h2-11,14,21,23,26H,12-13,15H2,1H3/t21-/m0/s1. The summed E-state index contributed by atoms with van der Waals surface area (Å²) in [6, 6.07) is 19.3. The molecular formula is C22H23N3O3. The number of likely N-dealkylation sites (N-methyl/N-ethyl adjacent to an activating group) is 1. The van der Waals surface area contributed by atoms with Crippen LogP contribution in [0.25, 0.3) is 0 Å². The van der Waals surface area contributed by atoms with Crippen LogP contribution in [0.1, 0.15) is 27.8 Å². The Morgan fingerprint density at radius 1 is 1.11 bits per heavy atom. The minimum absolute atomic E-state index is 0.0303. The molecule has 0 radical (unpaired) electrons. The van der Waals surface area contributed by atoms with Gasteiger partial charge in [0, 0.05) is 25.0 Å². The number of nitrogens with zero attached hydrogens (tertiary/aromatic N) is 2. The summed E-state index contributed by atoms with van der Waals surface area (Å²) < 4.78 is 5.48. The maximum absolute atomic E-state index is 13.2. The van der Waals surface area contributed by atoms with Crippen molar-refractivity contribution in [3.8, 4) is 0 Å². The average molecular weight is 377 g/mol. The molecule has 144 valence electrons. The number of hydrogen-bond acceptors (Lipinski definition) is 5. The van der Waals surface area contributed by atoms with Gasteiger partial charge in [0.15, 0.2) is 0 Å². The fraction of sp³-hybridized carbons (Fsp3) is 0.227. The van der Waals surface area contributed by atoms with E-state index in [0.717, 1.165) is 22.7 Å². The topological polar surface area (TPSA) is 69.0 Å². The summed E-state index contributed by atoms with van der Waals surface area (Å²) in [7, 11) is 1.94. The van der Waals surface area contributed by atoms with E-state index in [4.69, 9.17) is 9.52 Å². The van der Waals surface area contributed by atoms with Crippen LogP contribution in [0.15, 0.2) is 71.3 Å². The van der Waals surface area contributed by atoms with Crippen LogP contribution in [-0.2, 0) is 6.54 Å². The van der Waals surface area contributed by atoms with E-state index in [1.54, 1.807) is 11.2 Å². The van der Waals surface area contributed by atoms with Gasteiger partial charge in [-0.15, -0.1) is 0 Å². The quantitative estimate of drug-likeness (QED) is 0.688. The SMILES string of the molecule is CN(CCO)c1ccc([C@H]2Nc3ccccc3C(=O)N2Cc2ccco2)cc1. The third-order valence-electron chi connectivity index (χ3n) is 5.01. The lowest BCUT2D eigenvalue weighted by molar-refractivity contribution is 0.0651. The van der Waals surface area contributed by atoms with Gasteiger partial charge >= 0.3 is 0 Å². The van der Waals surface area contributed by atoms with Gasteiger partial charge in [-0.25, -0.2) is 0 Å². The van der Waals surface area contributed by atoms with Crippen molar-refractivity contribution in [2.45, 2.75) is 12.7 Å². The van der Waals surface area contributed by atoms with Crippen molar-refractivity contribution in [3.05, 3.63) is 83.8 Å². The minimum atomic E-state index is -0.301. The third-order valence-corrected chi connectivity index (χ3v) is 5.01. The van der Waals surface area contributed by atoms with Crippen molar-refractivity contribution >= 4 is 17.3 Å². The van der Waals surface area contributed by atoms with Gasteiger partial charge < -0.3 is 24.6 Å². The molecule has 1 amide bonds. The molecule has 0 spiro atoms. The first kappa shape index (κ1) is 18.1. The molecule has 0 saturated carbocycles. The summed E-state index contributed by atoms with van der Waals surface area (Å²) in [5.41, 5.74) is 3.48. The third kappa shape index (κ3) is 3.46. The molecule has 0 bridgehead atoms. The van der Waals surface area contributed by atoms with E-state index in [1.807, 2.05) is 72.6 Å². The summed E-state index contributed by atoms with van der Waals surface area (Å²) >= 11 is 0. The smallest absolute Gasteiger partial charge is 0.258 e. The second-order valence-corrected chi connectivity index (χ2v) is 6.84. The molecule has 1 atom stereocenters. The molecule has 2 N–H and O–H groups in total. The molecule has 0 unspecified atom stereocenters. The fourth-order valence-corrected chi connectivity index (χ4v) is 3.48. The Bertz CT molecular complexity index is 938. The lowest BCUT2D eigenvalue weighted by Gasteiger charge is -2.38. The van der Waals surface area contributed by atoms with Crippen molar-refractivity contribution in [1.29, 1.82) is 0 Å². The van der Waals surface area contributed by atoms with Gasteiger partial charge in [-0.2, -0.15) is 0 Å². The van der Waals surface area contributed by atoms with Gasteiger partial charge in [0.05, 0.1) is 25.0 Å². The Morgan fingerprint density at radius 2 is 1.89 bits per heavy atom. The van der Waals surface area contributed by atoms with Crippen LogP contribution in [0.2, 0.25) is 0 Å². The second kappa shape index (κ2) is 7.78. The number of nitrogens with one attached hydrogen (secondary N) is 1. The normalized spacial score (nSPS) is 15.9. The summed E-state index contributed by atoms with van der Waals surface area (Å²) in [5, 5.41) is 12.6. The van der Waals surface area contributed by atoms with E-state index in [2.05, 4.69) is 5.32 Å². The van der Waals surface area contributed by atoms with Crippen LogP contribution in [0, 0.1) is 0 Å². The van der Waals surface area contributed by atoms with Gasteiger partial charge in [-0.1, -0.05) is 24.3 Å². The molecule has 0 fully saturated rings. The highest BCUT2D eigenvalue weighted by Gasteiger charge is 2.33. The van der Waals surface area contributed by atoms with Crippen LogP contribution >= 0.6 is 0 Å². The molecule has 0 aliphatic carbocycles. The zero-order valence-electron chi connectivity index (χ0n) is 15.7. The predicted molar refractivity (Wildman–Crippen MR) is 108 cm³/mol. The largest absolute Gasteiger partial charge is 0.467 e. The average Bonchev–Trinajstić information content (AvgIpc) is 3.23. The van der Waals surface area contributed by atoms with Gasteiger partial charge in [0.2, 0.25) is 0 Å². The monoisotopic (exact) mass is 377 g/mol. The summed E-state index contributed by atoms with van der Waals surface area (Å²) in [4.78, 5) is 17.0. The van der Waals surface area contributed by atoms with Crippen LogP contribution in [-0.4, -0.2) is 36.1 Å². The molecule has 6 nitrogen and oxygen atoms in total. The molecule has 2 aromatic carbocycles. The van der Waals surface area contributed by atoms with Crippen molar-refractivity contribution < 1.29 is 14.3 Å². The molecule has 3 aromatic rings. The van der Waals surface area contributed by atoms with Crippen LogP contribution in [0.3, 0.4) is 0 Å². The van der Waals surface area contributed by atoms with Gasteiger partial charge in [0.25, 0.3) is 5.91 Å². The molecule has 1 aliphatic heterocycles. The Balaban J connectivity index is 1.67. The number of hydrogen-bond donors (Lipinski definition) is 2. The number of aliphatic hydroxyl groups is 1. The summed E-state index contributed by atoms with van der Waals surface area (Å²) in [6.45, 7) is 1.05. The van der Waals surface area contributed by atoms with Crippen molar-refractivity contribution in [2.24, 2.45) is 0 Å². The van der Waals surface area contributed by atoms with Gasteiger partial charge in [-0.3, -0.25) is 4.79 Å². The molecule has 1 aromatic heterocycles. The van der Waals surface area contributed by atoms with E-state index >= 15 is 0 Å². The first-order valence-electron chi connectivity index (χ1n) is 9.28. The summed E-state index contributed by atoms with van der Waals surface area (Å²) in [5.74, 6) is 0.705. The van der Waals surface area contributed by atoms with Gasteiger partial charge in [-0.05, 0) is 42.0 Å². The Morgan fingerprint density at radius 3 is 2.61 bits per heavy atom. The minimum Gasteiger partial charge on any atom is -0.467 e. The highest BCUT2D eigenvalue weighted by molar-refractivity contribution is 6.01. The highest BCUT2D eigenvalue weighted by Crippen LogP contribution is 2.34. The van der Waals surface area contributed by atoms with E-state index in [1.165, 1.54) is 0 Å². The number of carbonyl (C=O) groups excluding carboxylic acids is 1. The van der Waals surface area contributed by atoms with E-state index in [9.17, 15) is 4.79 Å². The number of carbonyl (C=O) groups is 1. The molecule has 2 heterocycles. The maximum atomic E-state index is 13.2. The Kier molecular flexibility index (Phi) is 5.04. The van der Waals surface area contributed by atoms with Crippen LogP contribution in [0.5, 0.6) is 0 Å². The second-order valence-electron chi connectivity index (χ2n) is 6.84. The first-order chi connectivity index (χ1) is 13.7. The Hall–Kier alpha value is -3.25. The number of amides is 1. The van der Waals surface area contributed by atoms with Crippen LogP contribution in [0.4, 0.5) is 11.4 Å². The van der Waals surface area contributed by atoms with Crippen molar-refractivity contribution in [1.82, 2.24) is 4.90 Å². The highest BCUT2D eigenvalue weighted by atomic mass is 16.3. The number of para-hydroxylation sites is 1. The first-order valence-corrected chi connectivity index (χ1v) is 9.28. The summed E-state index contributed by atoms with van der Waals surface area (Å²) in [6.07, 6.45) is 1.32. The molecular weight excluding hydrogens is 354 g/mol. The molecule has 0 saturated heterocycles. The van der Waals surface area contributed by atoms with E-state index in [0.29, 0.717) is 18.7 Å².